The number of benzene rings is 2. The first kappa shape index (κ1) is 31.3. The number of nitrogens with zero attached hydrogens (tertiary/aromatic N) is 4. The van der Waals surface area contributed by atoms with Gasteiger partial charge >= 0.3 is 5.97 Å². The lowest BCUT2D eigenvalue weighted by atomic mass is 9.87. The first-order valence-electron chi connectivity index (χ1n) is 13.9. The molecule has 234 valence electrons. The summed E-state index contributed by atoms with van der Waals surface area (Å²) in [6.07, 6.45) is 8.16. The Labute approximate surface area is 250 Å². The van der Waals surface area contributed by atoms with Gasteiger partial charge in [0.25, 0.3) is 0 Å². The lowest BCUT2D eigenvalue weighted by molar-refractivity contribution is -0.125. The zero-order valence-corrected chi connectivity index (χ0v) is 24.3. The zero-order valence-electron chi connectivity index (χ0n) is 23.4. The van der Waals surface area contributed by atoms with Crippen molar-refractivity contribution < 1.29 is 45.8 Å². The van der Waals surface area contributed by atoms with E-state index in [1.807, 2.05) is 0 Å². The number of aromatic hydroxyl groups is 1. The molecule has 2 aromatic carbocycles. The number of anilines is 1. The molecule has 2 aliphatic rings. The molecule has 15 heteroatoms. The van der Waals surface area contributed by atoms with Crippen molar-refractivity contribution in [2.24, 2.45) is 0 Å². The molecule has 44 heavy (non-hydrogen) atoms. The number of amides is 1. The summed E-state index contributed by atoms with van der Waals surface area (Å²) in [5, 5.41) is 19.6. The summed E-state index contributed by atoms with van der Waals surface area (Å²) >= 11 is 0. The van der Waals surface area contributed by atoms with Gasteiger partial charge < -0.3 is 15.1 Å². The van der Waals surface area contributed by atoms with Crippen LogP contribution in [0.5, 0.6) is 5.75 Å². The van der Waals surface area contributed by atoms with Crippen LogP contribution in [-0.4, -0.2) is 57.4 Å². The Kier molecular flexibility index (Phi) is 8.62. The number of aromatic carboxylic acids is 1. The van der Waals surface area contributed by atoms with Crippen LogP contribution in [0.15, 0.2) is 35.5 Å². The predicted molar refractivity (Wildman–Crippen MR) is 147 cm³/mol. The standard InChI is InChI=1S/C29H28F4N4O6S/c1-15-23(30)25(32)27(26(33)24(15)31)44(42,43)37-10-9-21(37)28(39)36(18-7-8-19(29(40)41)22(38)11-18)14-17-12-35-20(13-34-17)16-5-3-2-4-6-16/h7-8,11-13,16,21,38H,2-6,9-10,14H2,1H3,(H,40,41). The van der Waals surface area contributed by atoms with Crippen LogP contribution in [0.2, 0.25) is 0 Å². The first-order chi connectivity index (χ1) is 20.8. The molecular formula is C29H28F4N4O6S. The minimum atomic E-state index is -5.25. The van der Waals surface area contributed by atoms with Crippen molar-refractivity contribution in [3.8, 4) is 5.75 Å². The number of carboxylic acids is 1. The van der Waals surface area contributed by atoms with E-state index in [0.29, 0.717) is 4.31 Å². The number of carboxylic acid groups (broad SMARTS) is 1. The zero-order chi connectivity index (χ0) is 31.9. The average Bonchev–Trinajstić information content (AvgIpc) is 2.97. The van der Waals surface area contributed by atoms with Crippen LogP contribution in [-0.2, 0) is 21.4 Å². The number of phenols is 1. The summed E-state index contributed by atoms with van der Waals surface area (Å²) < 4.78 is 84.9. The molecule has 5 rings (SSSR count). The summed E-state index contributed by atoms with van der Waals surface area (Å²) in [6, 6.07) is 1.70. The molecule has 0 spiro atoms. The van der Waals surface area contributed by atoms with Crippen LogP contribution >= 0.6 is 0 Å². The van der Waals surface area contributed by atoms with Gasteiger partial charge in [0.2, 0.25) is 15.9 Å². The van der Waals surface area contributed by atoms with Gasteiger partial charge in [0.1, 0.15) is 17.4 Å². The molecule has 2 heterocycles. The Morgan fingerprint density at radius 3 is 2.16 bits per heavy atom. The van der Waals surface area contributed by atoms with Gasteiger partial charge in [-0.25, -0.2) is 30.8 Å². The number of halogens is 4. The van der Waals surface area contributed by atoms with E-state index in [1.54, 1.807) is 6.20 Å². The normalized spacial score (nSPS) is 17.7. The van der Waals surface area contributed by atoms with Gasteiger partial charge in [-0.15, -0.1) is 0 Å². The van der Waals surface area contributed by atoms with E-state index in [-0.39, 0.29) is 36.8 Å². The Balaban J connectivity index is 1.49. The van der Waals surface area contributed by atoms with E-state index in [9.17, 15) is 45.8 Å². The Hall–Kier alpha value is -4.11. The first-order valence-corrected chi connectivity index (χ1v) is 15.3. The molecule has 0 radical (unpaired) electrons. The van der Waals surface area contributed by atoms with Crippen LogP contribution in [0.3, 0.4) is 0 Å². The second-order valence-corrected chi connectivity index (χ2v) is 12.7. The number of aromatic nitrogens is 2. The Morgan fingerprint density at radius 2 is 1.64 bits per heavy atom. The lowest BCUT2D eigenvalue weighted by Crippen LogP contribution is -2.59. The minimum absolute atomic E-state index is 0.0373. The summed E-state index contributed by atoms with van der Waals surface area (Å²) in [4.78, 5) is 33.3. The summed E-state index contributed by atoms with van der Waals surface area (Å²) in [5.74, 6) is -10.8. The molecule has 1 aliphatic heterocycles. The second-order valence-electron chi connectivity index (χ2n) is 10.8. The maximum Gasteiger partial charge on any atom is 0.339 e. The number of hydrogen-bond donors (Lipinski definition) is 2. The third-order valence-corrected chi connectivity index (χ3v) is 10.1. The maximum atomic E-state index is 14.7. The number of hydrogen-bond acceptors (Lipinski definition) is 7. The summed E-state index contributed by atoms with van der Waals surface area (Å²) in [7, 11) is -5.25. The van der Waals surface area contributed by atoms with E-state index < -0.39 is 73.0 Å². The van der Waals surface area contributed by atoms with Crippen LogP contribution in [0.4, 0.5) is 23.2 Å². The maximum absolute atomic E-state index is 14.7. The Morgan fingerprint density at radius 1 is 0.977 bits per heavy atom. The van der Waals surface area contributed by atoms with Crippen molar-refractivity contribution in [1.82, 2.24) is 14.3 Å². The van der Waals surface area contributed by atoms with Crippen molar-refractivity contribution >= 4 is 27.6 Å². The van der Waals surface area contributed by atoms with Crippen LogP contribution in [0.25, 0.3) is 0 Å². The highest BCUT2D eigenvalue weighted by atomic mass is 32.2. The SMILES string of the molecule is Cc1c(F)c(F)c(S(=O)(=O)N2CCC2C(=O)N(Cc2cnc(C3CCCCC3)cn2)c2ccc(C(=O)O)c(O)c2)c(F)c1F. The van der Waals surface area contributed by atoms with Crippen LogP contribution in [0.1, 0.15) is 71.8 Å². The molecule has 0 bridgehead atoms. The minimum Gasteiger partial charge on any atom is -0.507 e. The quantitative estimate of drug-likeness (QED) is 0.266. The molecule has 1 saturated heterocycles. The van der Waals surface area contributed by atoms with E-state index in [4.69, 9.17) is 0 Å². The van der Waals surface area contributed by atoms with Crippen molar-refractivity contribution in [2.45, 2.75) is 68.8 Å². The molecule has 1 atom stereocenters. The number of carbonyl (C=O) groups is 2. The smallest absolute Gasteiger partial charge is 0.339 e. The van der Waals surface area contributed by atoms with E-state index in [2.05, 4.69) is 9.97 Å². The van der Waals surface area contributed by atoms with Gasteiger partial charge in [0.15, 0.2) is 28.2 Å². The second kappa shape index (κ2) is 12.1. The van der Waals surface area contributed by atoms with Crippen molar-refractivity contribution in [2.75, 3.05) is 11.4 Å². The van der Waals surface area contributed by atoms with Crippen molar-refractivity contribution in [3.05, 3.63) is 76.4 Å². The largest absolute Gasteiger partial charge is 0.507 e. The van der Waals surface area contributed by atoms with Crippen LogP contribution < -0.4 is 4.90 Å². The number of rotatable bonds is 8. The van der Waals surface area contributed by atoms with Gasteiger partial charge in [0.05, 0.1) is 24.1 Å². The summed E-state index contributed by atoms with van der Waals surface area (Å²) in [6.45, 7) is 0.0574. The molecule has 3 aromatic rings. The van der Waals surface area contributed by atoms with Crippen LogP contribution in [0, 0.1) is 30.2 Å². The van der Waals surface area contributed by atoms with Gasteiger partial charge in [-0.05, 0) is 38.3 Å². The monoisotopic (exact) mass is 636 g/mol. The molecule has 2 N–H and O–H groups in total. The lowest BCUT2D eigenvalue weighted by Gasteiger charge is -2.41. The highest BCUT2D eigenvalue weighted by molar-refractivity contribution is 7.89. The molecule has 10 nitrogen and oxygen atoms in total. The van der Waals surface area contributed by atoms with Crippen molar-refractivity contribution in [3.63, 3.8) is 0 Å². The number of carbonyl (C=O) groups excluding carboxylic acids is 1. The van der Waals surface area contributed by atoms with E-state index >= 15 is 0 Å². The molecule has 1 unspecified atom stereocenters. The molecule has 1 aromatic heterocycles. The number of sulfonamides is 1. The third kappa shape index (κ3) is 5.61. The molecule has 1 aliphatic carbocycles. The molecular weight excluding hydrogens is 608 g/mol. The Bertz CT molecular complexity index is 1700. The van der Waals surface area contributed by atoms with Crippen molar-refractivity contribution in [1.29, 1.82) is 0 Å². The molecule has 1 saturated carbocycles. The fraction of sp³-hybridized carbons (Fsp3) is 0.379. The molecule has 1 amide bonds. The fourth-order valence-electron chi connectivity index (χ4n) is 5.53. The average molecular weight is 637 g/mol. The topological polar surface area (TPSA) is 141 Å². The summed E-state index contributed by atoms with van der Waals surface area (Å²) in [5.41, 5.74) is -0.479. The van der Waals surface area contributed by atoms with Gasteiger partial charge in [-0.1, -0.05) is 19.3 Å². The van der Waals surface area contributed by atoms with Gasteiger partial charge in [-0.2, -0.15) is 4.31 Å². The molecule has 2 fully saturated rings. The van der Waals surface area contributed by atoms with Gasteiger partial charge in [0, 0.05) is 36.0 Å². The fourth-order valence-corrected chi connectivity index (χ4v) is 7.27. The predicted octanol–water partition coefficient (Wildman–Crippen LogP) is 4.79. The highest BCUT2D eigenvalue weighted by Crippen LogP contribution is 2.36. The van der Waals surface area contributed by atoms with E-state index in [1.165, 1.54) is 12.3 Å². The highest BCUT2D eigenvalue weighted by Gasteiger charge is 2.48. The third-order valence-electron chi connectivity index (χ3n) is 8.12. The van der Waals surface area contributed by atoms with Gasteiger partial charge in [-0.3, -0.25) is 14.8 Å². The van der Waals surface area contributed by atoms with E-state index in [0.717, 1.165) is 61.8 Å².